The van der Waals surface area contributed by atoms with Crippen LogP contribution < -0.4 is 14.4 Å². The average molecular weight is 602 g/mol. The third kappa shape index (κ3) is 4.00. The van der Waals surface area contributed by atoms with Crippen molar-refractivity contribution in [1.29, 1.82) is 0 Å². The van der Waals surface area contributed by atoms with Gasteiger partial charge in [-0.3, -0.25) is 4.90 Å². The van der Waals surface area contributed by atoms with Gasteiger partial charge in [-0.2, -0.15) is 9.97 Å². The third-order valence-corrected chi connectivity index (χ3v) is 9.91. The maximum absolute atomic E-state index is 16.8. The van der Waals surface area contributed by atoms with Crippen LogP contribution in [0.1, 0.15) is 44.1 Å². The Bertz CT molecular complexity index is 1900. The lowest BCUT2D eigenvalue weighted by Crippen LogP contribution is -2.43. The zero-order valence-corrected chi connectivity index (χ0v) is 24.1. The number of ether oxygens (including phenoxy) is 2. The molecule has 226 valence electrons. The number of alkyl halides is 1. The molecule has 2 aromatic heterocycles. The van der Waals surface area contributed by atoms with Crippen molar-refractivity contribution in [3.8, 4) is 41.2 Å². The molecule has 3 fully saturated rings. The number of phenols is 1. The first-order valence-corrected chi connectivity index (χ1v) is 15.0. The largest absolute Gasteiger partial charge is 0.508 e. The molecule has 8 rings (SSSR count). The van der Waals surface area contributed by atoms with Gasteiger partial charge < -0.3 is 19.5 Å². The Labute approximate surface area is 251 Å². The minimum absolute atomic E-state index is 0.0301. The van der Waals surface area contributed by atoms with Gasteiger partial charge in [-0.05, 0) is 62.2 Å². The molecule has 2 aromatic carbocycles. The van der Waals surface area contributed by atoms with E-state index in [0.717, 1.165) is 38.6 Å². The van der Waals surface area contributed by atoms with E-state index in [-0.39, 0.29) is 64.1 Å². The van der Waals surface area contributed by atoms with E-state index < -0.39 is 23.3 Å². The van der Waals surface area contributed by atoms with Crippen molar-refractivity contribution in [2.45, 2.75) is 62.4 Å². The summed E-state index contributed by atoms with van der Waals surface area (Å²) in [7, 11) is 1.89. The van der Waals surface area contributed by atoms with Gasteiger partial charge in [-0.25, -0.2) is 18.2 Å². The van der Waals surface area contributed by atoms with Crippen LogP contribution >= 0.6 is 0 Å². The van der Waals surface area contributed by atoms with Crippen molar-refractivity contribution in [1.82, 2.24) is 19.9 Å². The van der Waals surface area contributed by atoms with Crippen molar-refractivity contribution < 1.29 is 27.8 Å². The molecular formula is C33H30F3N5O3. The van der Waals surface area contributed by atoms with Gasteiger partial charge >= 0.3 is 6.01 Å². The Hall–Kier alpha value is -4.30. The zero-order chi connectivity index (χ0) is 30.3. The molecule has 4 atom stereocenters. The Balaban J connectivity index is 1.34. The highest BCUT2D eigenvalue weighted by Gasteiger charge is 2.49. The molecule has 0 amide bonds. The van der Waals surface area contributed by atoms with Crippen LogP contribution in [0.2, 0.25) is 0 Å². The number of benzene rings is 2. The molecule has 4 aromatic rings. The molecule has 0 spiro atoms. The van der Waals surface area contributed by atoms with Gasteiger partial charge in [0.15, 0.2) is 5.82 Å². The number of fused-ring (bicyclic) bond motifs is 3. The Morgan fingerprint density at radius 2 is 2.02 bits per heavy atom. The van der Waals surface area contributed by atoms with Crippen LogP contribution in [0.3, 0.4) is 0 Å². The van der Waals surface area contributed by atoms with Crippen molar-refractivity contribution in [2.24, 2.45) is 0 Å². The fraction of sp³-hybridized carbons (Fsp3) is 0.424. The van der Waals surface area contributed by atoms with Gasteiger partial charge in [-0.1, -0.05) is 12.0 Å². The zero-order valence-electron chi connectivity index (χ0n) is 24.1. The van der Waals surface area contributed by atoms with Crippen LogP contribution in [0.15, 0.2) is 24.3 Å². The molecule has 2 unspecified atom stereocenters. The predicted octanol–water partition coefficient (Wildman–Crippen LogP) is 5.52. The summed E-state index contributed by atoms with van der Waals surface area (Å²) in [5.41, 5.74) is -0.683. The van der Waals surface area contributed by atoms with E-state index in [9.17, 15) is 13.9 Å². The first-order chi connectivity index (χ1) is 21.3. The fourth-order valence-electron chi connectivity index (χ4n) is 7.87. The van der Waals surface area contributed by atoms with E-state index in [4.69, 9.17) is 20.9 Å². The highest BCUT2D eigenvalue weighted by atomic mass is 19.1. The lowest BCUT2D eigenvalue weighted by atomic mass is 9.95. The second-order valence-corrected chi connectivity index (χ2v) is 12.4. The molecule has 44 heavy (non-hydrogen) atoms. The molecule has 1 saturated carbocycles. The van der Waals surface area contributed by atoms with Crippen LogP contribution in [0.5, 0.6) is 17.6 Å². The van der Waals surface area contributed by atoms with E-state index in [1.807, 2.05) is 11.9 Å². The first-order valence-electron chi connectivity index (χ1n) is 15.0. The van der Waals surface area contributed by atoms with E-state index in [0.29, 0.717) is 29.6 Å². The summed E-state index contributed by atoms with van der Waals surface area (Å²) in [5, 5.41) is 11.6. The maximum atomic E-state index is 16.8. The average Bonchev–Trinajstić information content (AvgIpc) is 3.69. The maximum Gasteiger partial charge on any atom is 0.319 e. The SMILES string of the molecule is C#Cc1c(F)ccc2cc(O)cc(-c3nc4c5c(nc(OC[C@@]67CCCN6C[C@H](F)C7)nc5c3F)N(C)C3CCCC3O4)c12. The molecule has 2 saturated heterocycles. The lowest BCUT2D eigenvalue weighted by Gasteiger charge is -2.31. The predicted molar refractivity (Wildman–Crippen MR) is 159 cm³/mol. The minimum atomic E-state index is -0.924. The van der Waals surface area contributed by atoms with Gasteiger partial charge in [0.25, 0.3) is 0 Å². The van der Waals surface area contributed by atoms with Crippen molar-refractivity contribution >= 4 is 27.5 Å². The van der Waals surface area contributed by atoms with Crippen molar-refractivity contribution in [3.63, 3.8) is 0 Å². The molecular weight excluding hydrogens is 571 g/mol. The number of aromatic nitrogens is 3. The van der Waals surface area contributed by atoms with Gasteiger partial charge in [0, 0.05) is 31.0 Å². The number of aromatic hydroxyl groups is 1. The van der Waals surface area contributed by atoms with Gasteiger partial charge in [0.05, 0.1) is 17.1 Å². The summed E-state index contributed by atoms with van der Waals surface area (Å²) in [6.45, 7) is 1.36. The van der Waals surface area contributed by atoms with Crippen LogP contribution in [-0.4, -0.2) is 75.6 Å². The van der Waals surface area contributed by atoms with E-state index in [1.165, 1.54) is 24.3 Å². The molecule has 11 heteroatoms. The number of likely N-dealkylation sites (N-methyl/N-ethyl adjacent to an activating group) is 1. The first kappa shape index (κ1) is 27.3. The molecule has 0 radical (unpaired) electrons. The standard InChI is InChI=1S/C33H30F3N5O3/c1-3-20-22(35)9-8-17-12-19(42)13-21(25(17)20)28-27(36)29-26-30(40(2)23-6-4-7-24(23)44-31(26)37-28)39-32(38-29)43-16-33-10-5-11-41(33)15-18(34)14-33/h1,8-9,12-13,18,23-24,42H,4-7,10-11,14-16H2,2H3/t18-,23?,24?,33+/m1/s1. The minimum Gasteiger partial charge on any atom is -0.508 e. The number of terminal acetylenes is 1. The van der Waals surface area contributed by atoms with E-state index >= 15 is 4.39 Å². The van der Waals surface area contributed by atoms with Crippen LogP contribution in [-0.2, 0) is 0 Å². The summed E-state index contributed by atoms with van der Waals surface area (Å²) in [6.07, 6.45) is 9.24. The quantitative estimate of drug-likeness (QED) is 0.307. The summed E-state index contributed by atoms with van der Waals surface area (Å²) in [4.78, 5) is 18.1. The Morgan fingerprint density at radius 3 is 2.86 bits per heavy atom. The van der Waals surface area contributed by atoms with Crippen LogP contribution in [0, 0.1) is 24.0 Å². The van der Waals surface area contributed by atoms with Gasteiger partial charge in [0.2, 0.25) is 5.88 Å². The number of halogens is 3. The van der Waals surface area contributed by atoms with Gasteiger partial charge in [-0.15, -0.1) is 6.42 Å². The van der Waals surface area contributed by atoms with Crippen molar-refractivity contribution in [3.05, 3.63) is 41.5 Å². The summed E-state index contributed by atoms with van der Waals surface area (Å²) in [6, 6.07) is 5.37. The van der Waals surface area contributed by atoms with Gasteiger partial charge in [0.1, 0.15) is 52.9 Å². The third-order valence-electron chi connectivity index (χ3n) is 9.91. The second-order valence-electron chi connectivity index (χ2n) is 12.4. The highest BCUT2D eigenvalue weighted by Crippen LogP contribution is 2.46. The molecule has 4 aliphatic rings. The van der Waals surface area contributed by atoms with Crippen molar-refractivity contribution in [2.75, 3.05) is 31.6 Å². The monoisotopic (exact) mass is 601 g/mol. The summed E-state index contributed by atoms with van der Waals surface area (Å²) >= 11 is 0. The van der Waals surface area contributed by atoms with E-state index in [1.54, 1.807) is 0 Å². The summed E-state index contributed by atoms with van der Waals surface area (Å²) in [5.74, 6) is 1.31. The second kappa shape index (κ2) is 9.86. The number of nitrogens with zero attached hydrogens (tertiary/aromatic N) is 5. The normalized spacial score (nSPS) is 26.0. The number of rotatable bonds is 4. The Kier molecular flexibility index (Phi) is 6.11. The Morgan fingerprint density at radius 1 is 1.16 bits per heavy atom. The molecule has 1 N–H and O–H groups in total. The van der Waals surface area contributed by atoms with Crippen LogP contribution in [0.25, 0.3) is 32.9 Å². The fourth-order valence-corrected chi connectivity index (χ4v) is 7.87. The number of pyridine rings is 1. The highest BCUT2D eigenvalue weighted by molar-refractivity contribution is 6.04. The molecule has 0 bridgehead atoms. The topological polar surface area (TPSA) is 83.8 Å². The number of anilines is 1. The molecule has 8 nitrogen and oxygen atoms in total. The number of phenolic OH excluding ortho intramolecular Hbond substituents is 1. The lowest BCUT2D eigenvalue weighted by molar-refractivity contribution is 0.107. The van der Waals surface area contributed by atoms with Crippen LogP contribution in [0.4, 0.5) is 19.0 Å². The molecule has 3 aliphatic heterocycles. The number of hydrogen-bond donors (Lipinski definition) is 1. The summed E-state index contributed by atoms with van der Waals surface area (Å²) < 4.78 is 58.8. The van der Waals surface area contributed by atoms with E-state index in [2.05, 4.69) is 20.8 Å². The smallest absolute Gasteiger partial charge is 0.319 e. The molecule has 5 heterocycles. The number of hydrogen-bond acceptors (Lipinski definition) is 8. The molecule has 1 aliphatic carbocycles.